The lowest BCUT2D eigenvalue weighted by molar-refractivity contribution is 0.102. The van der Waals surface area contributed by atoms with Gasteiger partial charge in [-0.25, -0.2) is 0 Å². The van der Waals surface area contributed by atoms with Gasteiger partial charge in [0.15, 0.2) is 0 Å². The molecule has 0 aliphatic carbocycles. The van der Waals surface area contributed by atoms with Gasteiger partial charge in [-0.05, 0) is 30.2 Å². The van der Waals surface area contributed by atoms with E-state index in [0.29, 0.717) is 0 Å². The second-order valence-corrected chi connectivity index (χ2v) is 5.24. The van der Waals surface area contributed by atoms with Crippen molar-refractivity contribution < 1.29 is 4.79 Å². The normalized spacial score (nSPS) is 10.6. The van der Waals surface area contributed by atoms with Crippen LogP contribution in [0.25, 0.3) is 10.9 Å². The van der Waals surface area contributed by atoms with Gasteiger partial charge in [0, 0.05) is 17.1 Å². The predicted molar refractivity (Wildman–Crippen MR) is 90.1 cm³/mol. The molecule has 0 saturated carbocycles. The van der Waals surface area contributed by atoms with E-state index >= 15 is 0 Å². The van der Waals surface area contributed by atoms with E-state index in [-0.39, 0.29) is 5.91 Å². The molecule has 0 unspecified atom stereocenters. The van der Waals surface area contributed by atoms with Crippen molar-refractivity contribution in [3.63, 3.8) is 0 Å². The summed E-state index contributed by atoms with van der Waals surface area (Å²) in [5.41, 5.74) is 3.37. The summed E-state index contributed by atoms with van der Waals surface area (Å²) in [6, 6.07) is 17.4. The van der Waals surface area contributed by atoms with Crippen LogP contribution in [0.15, 0.2) is 60.8 Å². The molecule has 3 nitrogen and oxygen atoms in total. The number of amides is 1. The van der Waals surface area contributed by atoms with Crippen LogP contribution in [0.1, 0.15) is 29.3 Å². The zero-order valence-electron chi connectivity index (χ0n) is 12.5. The van der Waals surface area contributed by atoms with Gasteiger partial charge in [-0.15, -0.1) is 0 Å². The first-order chi connectivity index (χ1) is 10.8. The molecular weight excluding hydrogens is 272 g/mol. The Morgan fingerprint density at radius 3 is 2.73 bits per heavy atom. The van der Waals surface area contributed by atoms with E-state index in [2.05, 4.69) is 17.2 Å². The van der Waals surface area contributed by atoms with Crippen molar-refractivity contribution in [1.82, 2.24) is 4.98 Å². The van der Waals surface area contributed by atoms with Crippen LogP contribution in [-0.2, 0) is 6.42 Å². The molecule has 3 heteroatoms. The van der Waals surface area contributed by atoms with Crippen molar-refractivity contribution in [1.29, 1.82) is 0 Å². The SMILES string of the molecule is CCCc1ccccc1C(=O)Nc1cccc2cccnc12. The number of pyridine rings is 1. The molecule has 1 N–H and O–H groups in total. The fourth-order valence-electron chi connectivity index (χ4n) is 2.62. The summed E-state index contributed by atoms with van der Waals surface area (Å²) in [6.07, 6.45) is 3.65. The number of nitrogens with one attached hydrogen (secondary N) is 1. The van der Waals surface area contributed by atoms with Crippen LogP contribution in [-0.4, -0.2) is 10.9 Å². The molecule has 0 aliphatic heterocycles. The van der Waals surface area contributed by atoms with Crippen LogP contribution >= 0.6 is 0 Å². The molecule has 0 spiro atoms. The number of carbonyl (C=O) groups is 1. The van der Waals surface area contributed by atoms with Gasteiger partial charge in [0.1, 0.15) is 0 Å². The number of benzene rings is 2. The first-order valence-electron chi connectivity index (χ1n) is 7.52. The lowest BCUT2D eigenvalue weighted by Crippen LogP contribution is -2.14. The Morgan fingerprint density at radius 1 is 1.05 bits per heavy atom. The number of aryl methyl sites for hydroxylation is 1. The Morgan fingerprint density at radius 2 is 1.86 bits per heavy atom. The van der Waals surface area contributed by atoms with Gasteiger partial charge in [0.05, 0.1) is 11.2 Å². The minimum Gasteiger partial charge on any atom is -0.320 e. The number of rotatable bonds is 4. The van der Waals surface area contributed by atoms with Crippen molar-refractivity contribution >= 4 is 22.5 Å². The largest absolute Gasteiger partial charge is 0.320 e. The van der Waals surface area contributed by atoms with Gasteiger partial charge in [-0.1, -0.05) is 49.7 Å². The smallest absolute Gasteiger partial charge is 0.255 e. The second kappa shape index (κ2) is 6.39. The van der Waals surface area contributed by atoms with Crippen LogP contribution in [0.2, 0.25) is 0 Å². The van der Waals surface area contributed by atoms with Crippen LogP contribution < -0.4 is 5.32 Å². The Labute approximate surface area is 130 Å². The molecule has 0 fully saturated rings. The van der Waals surface area contributed by atoms with Gasteiger partial charge >= 0.3 is 0 Å². The highest BCUT2D eigenvalue weighted by Gasteiger charge is 2.12. The fraction of sp³-hybridized carbons (Fsp3) is 0.158. The van der Waals surface area contributed by atoms with Crippen molar-refractivity contribution in [3.05, 3.63) is 71.9 Å². The Hall–Kier alpha value is -2.68. The summed E-state index contributed by atoms with van der Waals surface area (Å²) in [5.74, 6) is -0.0813. The average Bonchev–Trinajstić information content (AvgIpc) is 2.56. The van der Waals surface area contributed by atoms with Crippen LogP contribution in [0.5, 0.6) is 0 Å². The summed E-state index contributed by atoms with van der Waals surface area (Å²) < 4.78 is 0. The van der Waals surface area contributed by atoms with Gasteiger partial charge in [-0.3, -0.25) is 9.78 Å². The maximum Gasteiger partial charge on any atom is 0.255 e. The number of anilines is 1. The van der Waals surface area contributed by atoms with E-state index in [1.807, 2.05) is 54.6 Å². The van der Waals surface area contributed by atoms with Crippen molar-refractivity contribution in [2.24, 2.45) is 0 Å². The number of hydrogen-bond donors (Lipinski definition) is 1. The topological polar surface area (TPSA) is 42.0 Å². The summed E-state index contributed by atoms with van der Waals surface area (Å²) in [6.45, 7) is 2.11. The quantitative estimate of drug-likeness (QED) is 0.772. The molecule has 2 aromatic carbocycles. The van der Waals surface area contributed by atoms with Gasteiger partial charge in [-0.2, -0.15) is 0 Å². The minimum absolute atomic E-state index is 0.0813. The van der Waals surface area contributed by atoms with Crippen LogP contribution in [0.3, 0.4) is 0 Å². The van der Waals surface area contributed by atoms with Crippen LogP contribution in [0.4, 0.5) is 5.69 Å². The lowest BCUT2D eigenvalue weighted by Gasteiger charge is -2.11. The first-order valence-corrected chi connectivity index (χ1v) is 7.52. The van der Waals surface area contributed by atoms with Crippen LogP contribution in [0, 0.1) is 0 Å². The molecule has 3 rings (SSSR count). The summed E-state index contributed by atoms with van der Waals surface area (Å²) in [7, 11) is 0. The first kappa shape index (κ1) is 14.3. The fourth-order valence-corrected chi connectivity index (χ4v) is 2.62. The monoisotopic (exact) mass is 290 g/mol. The number of carbonyl (C=O) groups excluding carboxylic acids is 1. The zero-order valence-corrected chi connectivity index (χ0v) is 12.5. The molecule has 22 heavy (non-hydrogen) atoms. The zero-order chi connectivity index (χ0) is 15.4. The highest BCUT2D eigenvalue weighted by Crippen LogP contribution is 2.22. The van der Waals surface area contributed by atoms with Gasteiger partial charge in [0.25, 0.3) is 5.91 Å². The third-order valence-electron chi connectivity index (χ3n) is 3.66. The summed E-state index contributed by atoms with van der Waals surface area (Å²) >= 11 is 0. The standard InChI is InChI=1S/C19H18N2O/c1-2-7-14-8-3-4-11-16(14)19(22)21-17-12-5-9-15-10-6-13-20-18(15)17/h3-6,8-13H,2,7H2,1H3,(H,21,22). The van der Waals surface area contributed by atoms with Crippen molar-refractivity contribution in [2.75, 3.05) is 5.32 Å². The van der Waals surface area contributed by atoms with E-state index in [4.69, 9.17) is 0 Å². The Balaban J connectivity index is 1.94. The van der Waals surface area contributed by atoms with E-state index in [1.165, 1.54) is 0 Å². The Kier molecular flexibility index (Phi) is 4.15. The number of nitrogens with zero attached hydrogens (tertiary/aromatic N) is 1. The van der Waals surface area contributed by atoms with Gasteiger partial charge < -0.3 is 5.32 Å². The summed E-state index contributed by atoms with van der Waals surface area (Å²) in [5, 5.41) is 4.01. The lowest BCUT2D eigenvalue weighted by atomic mass is 10.0. The predicted octanol–water partition coefficient (Wildman–Crippen LogP) is 4.44. The third-order valence-corrected chi connectivity index (χ3v) is 3.66. The average molecular weight is 290 g/mol. The molecular formula is C19H18N2O. The van der Waals surface area contributed by atoms with E-state index in [9.17, 15) is 4.79 Å². The third kappa shape index (κ3) is 2.84. The molecule has 3 aromatic rings. The second-order valence-electron chi connectivity index (χ2n) is 5.24. The molecule has 0 saturated heterocycles. The van der Waals surface area contributed by atoms with Crippen molar-refractivity contribution in [2.45, 2.75) is 19.8 Å². The molecule has 0 radical (unpaired) electrons. The van der Waals surface area contributed by atoms with E-state index in [0.717, 1.165) is 40.6 Å². The molecule has 1 heterocycles. The molecule has 1 amide bonds. The number of hydrogen-bond acceptors (Lipinski definition) is 2. The minimum atomic E-state index is -0.0813. The van der Waals surface area contributed by atoms with Gasteiger partial charge in [0.2, 0.25) is 0 Å². The molecule has 0 bridgehead atoms. The maximum atomic E-state index is 12.6. The van der Waals surface area contributed by atoms with E-state index in [1.54, 1.807) is 6.20 Å². The maximum absolute atomic E-state index is 12.6. The number of para-hydroxylation sites is 1. The highest BCUT2D eigenvalue weighted by atomic mass is 16.1. The summed E-state index contributed by atoms with van der Waals surface area (Å²) in [4.78, 5) is 17.0. The molecule has 0 aliphatic rings. The number of fused-ring (bicyclic) bond motifs is 1. The number of aromatic nitrogens is 1. The highest BCUT2D eigenvalue weighted by molar-refractivity contribution is 6.09. The molecule has 110 valence electrons. The molecule has 1 aromatic heterocycles. The molecule has 0 atom stereocenters. The Bertz CT molecular complexity index is 806. The van der Waals surface area contributed by atoms with Crippen molar-refractivity contribution in [3.8, 4) is 0 Å². The van der Waals surface area contributed by atoms with E-state index < -0.39 is 0 Å².